The van der Waals surface area contributed by atoms with Crippen molar-refractivity contribution in [2.75, 3.05) is 26.2 Å². The van der Waals surface area contributed by atoms with Gasteiger partial charge in [-0.15, -0.1) is 0 Å². The van der Waals surface area contributed by atoms with Crippen LogP contribution in [-0.2, 0) is 36.9 Å². The molecule has 18 nitrogen and oxygen atoms in total. The minimum Gasteiger partial charge on any atom is -0.442 e. The zero-order chi connectivity index (χ0) is 39.9. The summed E-state index contributed by atoms with van der Waals surface area (Å²) in [5, 5.41) is 34.1. The van der Waals surface area contributed by atoms with E-state index < -0.39 is 24.4 Å². The predicted octanol–water partition coefficient (Wildman–Crippen LogP) is 3.98. The summed E-state index contributed by atoms with van der Waals surface area (Å²) >= 11 is 11.6. The number of fused-ring (bicyclic) bond motifs is 2. The average Bonchev–Trinajstić information content (AvgIpc) is 3.67. The Bertz CT molecular complexity index is 1780. The van der Waals surface area contributed by atoms with Gasteiger partial charge in [0.05, 0.1) is 21.7 Å². The Hall–Kier alpha value is -5.07. The van der Waals surface area contributed by atoms with Gasteiger partial charge in [0.15, 0.2) is 17.9 Å². The first kappa shape index (κ1) is 41.7. The summed E-state index contributed by atoms with van der Waals surface area (Å²) in [5.74, 6) is -1.03. The van der Waals surface area contributed by atoms with E-state index in [4.69, 9.17) is 27.9 Å². The number of halogens is 2. The van der Waals surface area contributed by atoms with Crippen molar-refractivity contribution in [3.63, 3.8) is 0 Å². The van der Waals surface area contributed by atoms with Gasteiger partial charge in [-0.1, -0.05) is 49.2 Å². The molecule has 54 heavy (non-hydrogen) atoms. The number of nitro groups is 2. The Morgan fingerprint density at radius 2 is 1.20 bits per heavy atom. The molecule has 6 rings (SSSR count). The molecule has 20 heteroatoms. The molecule has 2 aromatic heterocycles. The molecule has 0 bridgehead atoms. The zero-order valence-electron chi connectivity index (χ0n) is 30.4. The lowest BCUT2D eigenvalue weighted by Crippen LogP contribution is -2.44. The van der Waals surface area contributed by atoms with Crippen LogP contribution >= 0.6 is 23.2 Å². The number of allylic oxidation sites excluding steroid dienone is 2. The van der Waals surface area contributed by atoms with Gasteiger partial charge in [-0.05, 0) is 23.3 Å². The van der Waals surface area contributed by atoms with E-state index in [0.717, 1.165) is 11.1 Å². The van der Waals surface area contributed by atoms with Crippen molar-refractivity contribution in [3.8, 4) is 0 Å². The summed E-state index contributed by atoms with van der Waals surface area (Å²) in [6, 6.07) is 7.10. The van der Waals surface area contributed by atoms with Crippen LogP contribution in [0.3, 0.4) is 0 Å². The summed E-state index contributed by atoms with van der Waals surface area (Å²) in [4.78, 5) is 69.0. The van der Waals surface area contributed by atoms with Gasteiger partial charge in [-0.3, -0.25) is 34.6 Å². The normalized spacial score (nSPS) is 21.6. The highest BCUT2D eigenvalue weighted by Crippen LogP contribution is 2.39. The van der Waals surface area contributed by atoms with Crippen LogP contribution in [0.2, 0.25) is 10.3 Å². The van der Waals surface area contributed by atoms with Crippen LogP contribution in [0.4, 0.5) is 0 Å². The van der Waals surface area contributed by atoms with Gasteiger partial charge in [0.2, 0.25) is 0 Å². The lowest BCUT2D eigenvalue weighted by molar-refractivity contribution is -0.439. The first-order valence-corrected chi connectivity index (χ1v) is 17.8. The molecule has 4 atom stereocenters. The molecule has 0 spiro atoms. The van der Waals surface area contributed by atoms with E-state index in [0.29, 0.717) is 74.1 Å². The third kappa shape index (κ3) is 10.5. The molecule has 4 aliphatic rings. The number of rotatable bonds is 7. The number of carbonyl (C=O) groups excluding carboxylic acids is 3. The number of hydrogen-bond donors (Lipinski definition) is 1. The standard InChI is InChI=1S/C16H19ClN4O4.C14H17ClN4O3.C4H6O3/c1-10-7-14(25-11(2)22)20-6-5-19(16(20)15(10)21(23)24)9-12-3-4-13(17)18-8-12;1-9-6-12(20)18-5-4-17(14(18)13(9)19(21)22)8-10-2-3-11(15)16-7-10;1-3(5)7-4(2)6/h3-4,8,10,14H,5-7,9H2,1-2H3;2-3,7,9,12,20H,4-6,8H2,1H3;1-2H3. The number of hydrogen-bond acceptors (Lipinski definition) is 16. The second-order valence-electron chi connectivity index (χ2n) is 13.0. The number of pyridine rings is 2. The molecule has 0 aliphatic carbocycles. The Balaban J connectivity index is 0.000000206. The van der Waals surface area contributed by atoms with Gasteiger partial charge in [0.1, 0.15) is 16.5 Å². The van der Waals surface area contributed by atoms with Crippen LogP contribution in [-0.4, -0.2) is 101 Å². The minimum absolute atomic E-state index is 0.169. The maximum Gasteiger partial charge on any atom is 0.310 e. The maximum absolute atomic E-state index is 11.6. The third-order valence-electron chi connectivity index (χ3n) is 8.89. The molecule has 292 valence electrons. The smallest absolute Gasteiger partial charge is 0.310 e. The molecule has 0 aromatic carbocycles. The summed E-state index contributed by atoms with van der Waals surface area (Å²) in [5.41, 5.74) is 2.19. The zero-order valence-corrected chi connectivity index (χ0v) is 31.9. The van der Waals surface area contributed by atoms with Crippen molar-refractivity contribution in [2.45, 2.75) is 73.0 Å². The van der Waals surface area contributed by atoms with Gasteiger partial charge in [-0.2, -0.15) is 0 Å². The van der Waals surface area contributed by atoms with Crippen molar-refractivity contribution >= 4 is 41.1 Å². The molecule has 2 aromatic rings. The molecule has 6 heterocycles. The molecule has 2 saturated heterocycles. The van der Waals surface area contributed by atoms with Crippen LogP contribution in [0.25, 0.3) is 0 Å². The van der Waals surface area contributed by atoms with E-state index in [1.807, 2.05) is 26.8 Å². The molecule has 0 saturated carbocycles. The number of ether oxygens (including phenoxy) is 2. The SMILES string of the molecule is CC(=O)OC(C)=O.CC(=O)OC1CC(C)C([N+](=O)[O-])=C2N(Cc3ccc(Cl)nc3)CCN21.CC1CC(O)N2CCN(Cc3ccc(Cl)nc3)C2=C1[N+](=O)[O-]. The summed E-state index contributed by atoms with van der Waals surface area (Å²) < 4.78 is 9.36. The molecule has 1 N–H and O–H groups in total. The number of nitrogens with zero attached hydrogens (tertiary/aromatic N) is 8. The van der Waals surface area contributed by atoms with Crippen molar-refractivity contribution < 1.29 is 38.8 Å². The van der Waals surface area contributed by atoms with Crippen molar-refractivity contribution in [1.82, 2.24) is 29.6 Å². The fourth-order valence-corrected chi connectivity index (χ4v) is 6.97. The van der Waals surface area contributed by atoms with Gasteiger partial charge in [-0.25, -0.2) is 9.97 Å². The lowest BCUT2D eigenvalue weighted by Gasteiger charge is -2.36. The van der Waals surface area contributed by atoms with E-state index in [1.165, 1.54) is 20.8 Å². The van der Waals surface area contributed by atoms with Crippen LogP contribution in [0.1, 0.15) is 58.6 Å². The van der Waals surface area contributed by atoms with E-state index in [1.54, 1.807) is 43.3 Å². The van der Waals surface area contributed by atoms with Crippen LogP contribution in [0.5, 0.6) is 0 Å². The molecule has 0 radical (unpaired) electrons. The van der Waals surface area contributed by atoms with Crippen molar-refractivity contribution in [2.24, 2.45) is 11.8 Å². The number of carbonyl (C=O) groups is 3. The highest BCUT2D eigenvalue weighted by Gasteiger charge is 2.46. The van der Waals surface area contributed by atoms with Gasteiger partial charge >= 0.3 is 17.9 Å². The first-order valence-electron chi connectivity index (χ1n) is 17.0. The second-order valence-corrected chi connectivity index (χ2v) is 13.8. The number of aromatic nitrogens is 2. The maximum atomic E-state index is 11.6. The molecular formula is C34H42Cl2N8O10. The molecule has 2 fully saturated rings. The van der Waals surface area contributed by atoms with E-state index in [2.05, 4.69) is 14.7 Å². The topological polar surface area (TPSA) is 215 Å². The average molecular weight is 794 g/mol. The predicted molar refractivity (Wildman–Crippen MR) is 192 cm³/mol. The molecular weight excluding hydrogens is 751 g/mol. The summed E-state index contributed by atoms with van der Waals surface area (Å²) in [6.07, 6.45) is 2.99. The second kappa shape index (κ2) is 18.3. The Morgan fingerprint density at radius 3 is 1.59 bits per heavy atom. The number of aliphatic hydroxyl groups excluding tert-OH is 1. The fourth-order valence-electron chi connectivity index (χ4n) is 6.75. The molecule has 4 aliphatic heterocycles. The Kier molecular flexibility index (Phi) is 14.1. The molecule has 4 unspecified atom stereocenters. The highest BCUT2D eigenvalue weighted by atomic mass is 35.5. The highest BCUT2D eigenvalue weighted by molar-refractivity contribution is 6.29. The van der Waals surface area contributed by atoms with Crippen LogP contribution in [0.15, 0.2) is 59.7 Å². The van der Waals surface area contributed by atoms with E-state index in [-0.39, 0.29) is 39.0 Å². The van der Waals surface area contributed by atoms with Crippen LogP contribution in [0, 0.1) is 32.1 Å². The number of esters is 3. The summed E-state index contributed by atoms with van der Waals surface area (Å²) in [6.45, 7) is 10.7. The Morgan fingerprint density at radius 1 is 0.759 bits per heavy atom. The van der Waals surface area contributed by atoms with Crippen molar-refractivity contribution in [3.05, 3.63) is 101 Å². The molecule has 0 amide bonds. The third-order valence-corrected chi connectivity index (χ3v) is 9.34. The fraction of sp³-hybridized carbons (Fsp3) is 0.500. The largest absolute Gasteiger partial charge is 0.442 e. The van der Waals surface area contributed by atoms with Crippen molar-refractivity contribution in [1.29, 1.82) is 0 Å². The number of aliphatic hydroxyl groups is 1. The monoisotopic (exact) mass is 792 g/mol. The first-order chi connectivity index (χ1) is 25.5. The van der Waals surface area contributed by atoms with Gasteiger partial charge in [0, 0.05) is 85.3 Å². The van der Waals surface area contributed by atoms with E-state index in [9.17, 15) is 39.7 Å². The van der Waals surface area contributed by atoms with Gasteiger partial charge < -0.3 is 34.2 Å². The quantitative estimate of drug-likeness (QED) is 0.138. The summed E-state index contributed by atoms with van der Waals surface area (Å²) in [7, 11) is 0. The van der Waals surface area contributed by atoms with Gasteiger partial charge in [0.25, 0.3) is 11.4 Å². The van der Waals surface area contributed by atoms with Crippen LogP contribution < -0.4 is 0 Å². The Labute approximate surface area is 321 Å². The lowest BCUT2D eigenvalue weighted by atomic mass is 9.98. The van der Waals surface area contributed by atoms with E-state index >= 15 is 0 Å². The minimum atomic E-state index is -0.665.